The molecule has 1 N–H and O–H groups in total. The fourth-order valence-electron chi connectivity index (χ4n) is 2.50. The first kappa shape index (κ1) is 13.9. The number of carboxylic acids is 1. The van der Waals surface area contributed by atoms with Gasteiger partial charge in [0.05, 0.1) is 17.2 Å². The van der Waals surface area contributed by atoms with Gasteiger partial charge in [0.15, 0.2) is 0 Å². The maximum absolute atomic E-state index is 11.2. The molecule has 108 valence electrons. The molecule has 0 radical (unpaired) electrons. The summed E-state index contributed by atoms with van der Waals surface area (Å²) in [6.45, 7) is 0. The van der Waals surface area contributed by atoms with E-state index in [0.717, 1.165) is 22.3 Å². The minimum Gasteiger partial charge on any atom is -0.478 e. The normalized spacial score (nSPS) is 10.5. The molecule has 1 heterocycles. The smallest absolute Gasteiger partial charge is 0.335 e. The molecule has 0 bridgehead atoms. The molecule has 0 atom stereocenters. The SMILES string of the molecule is N#Cc1ccc2oc(CCc3ccccc3C(=O)O)cc2c1. The van der Waals surface area contributed by atoms with Gasteiger partial charge >= 0.3 is 5.97 Å². The van der Waals surface area contributed by atoms with Gasteiger partial charge in [0.25, 0.3) is 0 Å². The maximum atomic E-state index is 11.2. The third kappa shape index (κ3) is 2.70. The minimum absolute atomic E-state index is 0.324. The average molecular weight is 291 g/mol. The Morgan fingerprint density at radius 3 is 2.73 bits per heavy atom. The van der Waals surface area contributed by atoms with Crippen molar-refractivity contribution in [2.75, 3.05) is 0 Å². The van der Waals surface area contributed by atoms with Gasteiger partial charge in [-0.05, 0) is 42.3 Å². The lowest BCUT2D eigenvalue weighted by Crippen LogP contribution is -2.03. The number of carboxylic acid groups (broad SMARTS) is 1. The first-order valence-corrected chi connectivity index (χ1v) is 6.91. The molecule has 0 amide bonds. The number of fused-ring (bicyclic) bond motifs is 1. The van der Waals surface area contributed by atoms with Gasteiger partial charge in [-0.2, -0.15) is 5.26 Å². The molecule has 3 rings (SSSR count). The van der Waals surface area contributed by atoms with Crippen molar-refractivity contribution in [1.82, 2.24) is 0 Å². The van der Waals surface area contributed by atoms with Gasteiger partial charge in [0.2, 0.25) is 0 Å². The van der Waals surface area contributed by atoms with Crippen LogP contribution in [0.25, 0.3) is 11.0 Å². The lowest BCUT2D eigenvalue weighted by molar-refractivity contribution is 0.0695. The predicted octanol–water partition coefficient (Wildman–Crippen LogP) is 3.79. The lowest BCUT2D eigenvalue weighted by Gasteiger charge is -2.04. The third-order valence-corrected chi connectivity index (χ3v) is 3.58. The number of hydrogen-bond acceptors (Lipinski definition) is 3. The van der Waals surface area contributed by atoms with Crippen LogP contribution in [0.5, 0.6) is 0 Å². The summed E-state index contributed by atoms with van der Waals surface area (Å²) in [6, 6.07) is 16.3. The zero-order valence-electron chi connectivity index (χ0n) is 11.7. The second-order valence-electron chi connectivity index (χ2n) is 5.04. The zero-order chi connectivity index (χ0) is 15.5. The molecule has 0 saturated heterocycles. The van der Waals surface area contributed by atoms with Gasteiger partial charge in [-0.3, -0.25) is 0 Å². The van der Waals surface area contributed by atoms with E-state index in [1.54, 1.807) is 30.3 Å². The van der Waals surface area contributed by atoms with Crippen LogP contribution in [-0.4, -0.2) is 11.1 Å². The van der Waals surface area contributed by atoms with Gasteiger partial charge in [0, 0.05) is 11.8 Å². The van der Waals surface area contributed by atoms with Crippen molar-refractivity contribution in [2.45, 2.75) is 12.8 Å². The number of nitriles is 1. The summed E-state index contributed by atoms with van der Waals surface area (Å²) >= 11 is 0. The summed E-state index contributed by atoms with van der Waals surface area (Å²) in [5.41, 5.74) is 2.44. The molecule has 0 saturated carbocycles. The molecule has 22 heavy (non-hydrogen) atoms. The summed E-state index contributed by atoms with van der Waals surface area (Å²) in [7, 11) is 0. The highest BCUT2D eigenvalue weighted by molar-refractivity contribution is 5.89. The third-order valence-electron chi connectivity index (χ3n) is 3.58. The van der Waals surface area contributed by atoms with Gasteiger partial charge in [-0.25, -0.2) is 4.79 Å². The van der Waals surface area contributed by atoms with E-state index in [4.69, 9.17) is 9.68 Å². The number of hydrogen-bond donors (Lipinski definition) is 1. The van der Waals surface area contributed by atoms with Crippen molar-refractivity contribution in [2.24, 2.45) is 0 Å². The number of nitrogens with zero attached hydrogens (tertiary/aromatic N) is 1. The fraction of sp³-hybridized carbons (Fsp3) is 0.111. The molecule has 3 aromatic rings. The Morgan fingerprint density at radius 2 is 1.95 bits per heavy atom. The Bertz CT molecular complexity index is 887. The van der Waals surface area contributed by atoms with Gasteiger partial charge in [-0.1, -0.05) is 18.2 Å². The number of aryl methyl sites for hydroxylation is 2. The molecule has 0 unspecified atom stereocenters. The summed E-state index contributed by atoms with van der Waals surface area (Å²) in [6.07, 6.45) is 1.20. The van der Waals surface area contributed by atoms with Crippen LogP contribution in [0.3, 0.4) is 0 Å². The van der Waals surface area contributed by atoms with Gasteiger partial charge < -0.3 is 9.52 Å². The Kier molecular flexibility index (Phi) is 3.63. The van der Waals surface area contributed by atoms with E-state index in [0.29, 0.717) is 24.0 Å². The molecule has 0 spiro atoms. The molecule has 0 aliphatic rings. The van der Waals surface area contributed by atoms with Gasteiger partial charge in [0.1, 0.15) is 11.3 Å². The lowest BCUT2D eigenvalue weighted by atomic mass is 10.0. The van der Waals surface area contributed by atoms with E-state index in [9.17, 15) is 9.90 Å². The monoisotopic (exact) mass is 291 g/mol. The largest absolute Gasteiger partial charge is 0.478 e. The van der Waals surface area contributed by atoms with Crippen molar-refractivity contribution in [3.05, 3.63) is 71.0 Å². The number of benzene rings is 2. The topological polar surface area (TPSA) is 74.2 Å². The van der Waals surface area contributed by atoms with Crippen molar-refractivity contribution in [3.63, 3.8) is 0 Å². The van der Waals surface area contributed by atoms with Crippen LogP contribution < -0.4 is 0 Å². The van der Waals surface area contributed by atoms with E-state index in [1.165, 1.54) is 0 Å². The molecule has 4 heteroatoms. The van der Waals surface area contributed by atoms with Crippen molar-refractivity contribution in [3.8, 4) is 6.07 Å². The van der Waals surface area contributed by atoms with E-state index in [-0.39, 0.29) is 0 Å². The van der Waals surface area contributed by atoms with Crippen LogP contribution in [-0.2, 0) is 12.8 Å². The molecule has 4 nitrogen and oxygen atoms in total. The van der Waals surface area contributed by atoms with E-state index in [1.807, 2.05) is 18.2 Å². The molecule has 2 aromatic carbocycles. The maximum Gasteiger partial charge on any atom is 0.335 e. The fourth-order valence-corrected chi connectivity index (χ4v) is 2.50. The second kappa shape index (κ2) is 5.74. The van der Waals surface area contributed by atoms with E-state index >= 15 is 0 Å². The van der Waals surface area contributed by atoms with Crippen molar-refractivity contribution in [1.29, 1.82) is 5.26 Å². The number of rotatable bonds is 4. The summed E-state index contributed by atoms with van der Waals surface area (Å²) < 4.78 is 5.73. The highest BCUT2D eigenvalue weighted by Crippen LogP contribution is 2.22. The molecule has 0 aliphatic carbocycles. The van der Waals surface area contributed by atoms with Crippen LogP contribution >= 0.6 is 0 Å². The Balaban J connectivity index is 1.83. The molecular formula is C18H13NO3. The van der Waals surface area contributed by atoms with Gasteiger partial charge in [-0.15, -0.1) is 0 Å². The van der Waals surface area contributed by atoms with Crippen LogP contribution in [0.1, 0.15) is 27.2 Å². The number of aromatic carboxylic acids is 1. The minimum atomic E-state index is -0.918. The van der Waals surface area contributed by atoms with Crippen molar-refractivity contribution >= 4 is 16.9 Å². The Morgan fingerprint density at radius 1 is 1.14 bits per heavy atom. The zero-order valence-corrected chi connectivity index (χ0v) is 11.7. The molecule has 1 aromatic heterocycles. The van der Waals surface area contributed by atoms with E-state index < -0.39 is 5.97 Å². The average Bonchev–Trinajstić information content (AvgIpc) is 2.94. The quantitative estimate of drug-likeness (QED) is 0.793. The van der Waals surface area contributed by atoms with Crippen LogP contribution in [0.15, 0.2) is 52.9 Å². The predicted molar refractivity (Wildman–Crippen MR) is 81.7 cm³/mol. The summed E-state index contributed by atoms with van der Waals surface area (Å²) in [5, 5.41) is 19.0. The second-order valence-corrected chi connectivity index (χ2v) is 5.04. The Hall–Kier alpha value is -3.06. The summed E-state index contributed by atoms with van der Waals surface area (Å²) in [5.74, 6) is -0.135. The molecule has 0 aliphatic heterocycles. The highest BCUT2D eigenvalue weighted by Gasteiger charge is 2.10. The Labute approximate surface area is 127 Å². The first-order chi connectivity index (χ1) is 10.7. The van der Waals surface area contributed by atoms with Crippen molar-refractivity contribution < 1.29 is 14.3 Å². The number of carbonyl (C=O) groups is 1. The van der Waals surface area contributed by atoms with Crippen LogP contribution in [0, 0.1) is 11.3 Å². The molecule has 0 fully saturated rings. The number of furan rings is 1. The highest BCUT2D eigenvalue weighted by atomic mass is 16.4. The standard InChI is InChI=1S/C18H13NO3/c19-11-12-5-8-17-14(9-12)10-15(22-17)7-6-13-3-1-2-4-16(13)18(20)21/h1-5,8-10H,6-7H2,(H,20,21). The van der Waals surface area contributed by atoms with E-state index in [2.05, 4.69) is 6.07 Å². The summed E-state index contributed by atoms with van der Waals surface area (Å²) in [4.78, 5) is 11.2. The van der Waals surface area contributed by atoms with Crippen LogP contribution in [0.2, 0.25) is 0 Å². The molecular weight excluding hydrogens is 278 g/mol. The first-order valence-electron chi connectivity index (χ1n) is 6.91. The van der Waals surface area contributed by atoms with Crippen LogP contribution in [0.4, 0.5) is 0 Å².